The Morgan fingerprint density at radius 3 is 2.70 bits per heavy atom. The predicted molar refractivity (Wildman–Crippen MR) is 102 cm³/mol. The first kappa shape index (κ1) is 18.0. The van der Waals surface area contributed by atoms with Gasteiger partial charge < -0.3 is 5.11 Å². The molecule has 1 aliphatic heterocycles. The van der Waals surface area contributed by atoms with Crippen molar-refractivity contribution in [3.63, 3.8) is 0 Å². The van der Waals surface area contributed by atoms with E-state index in [1.807, 2.05) is 48.6 Å². The van der Waals surface area contributed by atoms with Gasteiger partial charge in [0.05, 0.1) is 0 Å². The number of allylic oxidation sites excluding steroid dienone is 4. The highest BCUT2D eigenvalue weighted by molar-refractivity contribution is 7.87. The van der Waals surface area contributed by atoms with Gasteiger partial charge in [0.25, 0.3) is 0 Å². The molecular formula is C20H22N2O4S. The summed E-state index contributed by atoms with van der Waals surface area (Å²) in [7, 11) is -3.97. The molecule has 1 aromatic rings. The number of carboxylic acids is 1. The third kappa shape index (κ3) is 2.91. The molecule has 3 aliphatic rings. The Bertz CT molecular complexity index is 965. The van der Waals surface area contributed by atoms with Crippen LogP contribution in [-0.4, -0.2) is 35.9 Å². The molecule has 1 aromatic carbocycles. The van der Waals surface area contributed by atoms with Gasteiger partial charge in [0.15, 0.2) is 0 Å². The Morgan fingerprint density at radius 1 is 1.26 bits per heavy atom. The maximum atomic E-state index is 13.0. The van der Waals surface area contributed by atoms with Gasteiger partial charge in [0.2, 0.25) is 0 Å². The smallest absolute Gasteiger partial charge is 0.325 e. The number of carboxylic acid groups (broad SMARTS) is 1. The van der Waals surface area contributed by atoms with Crippen LogP contribution in [-0.2, 0) is 15.0 Å². The molecule has 0 amide bonds. The van der Waals surface area contributed by atoms with E-state index in [1.54, 1.807) is 13.1 Å². The number of carbonyl (C=O) groups is 1. The van der Waals surface area contributed by atoms with Crippen molar-refractivity contribution in [1.82, 2.24) is 9.03 Å². The average Bonchev–Trinajstić information content (AvgIpc) is 3.26. The lowest BCUT2D eigenvalue weighted by atomic mass is 9.94. The van der Waals surface area contributed by atoms with Crippen molar-refractivity contribution in [3.05, 3.63) is 71.5 Å². The van der Waals surface area contributed by atoms with Crippen molar-refractivity contribution in [1.29, 1.82) is 0 Å². The Kier molecular flexibility index (Phi) is 4.24. The Balaban J connectivity index is 1.62. The van der Waals surface area contributed by atoms with Crippen molar-refractivity contribution in [2.24, 2.45) is 5.92 Å². The van der Waals surface area contributed by atoms with Gasteiger partial charge in [-0.25, -0.2) is 0 Å². The zero-order chi connectivity index (χ0) is 19.2. The molecule has 1 fully saturated rings. The minimum absolute atomic E-state index is 0.304. The predicted octanol–water partition coefficient (Wildman–Crippen LogP) is 2.55. The molecule has 2 aliphatic carbocycles. The van der Waals surface area contributed by atoms with Crippen LogP contribution in [0.25, 0.3) is 0 Å². The second-order valence-corrected chi connectivity index (χ2v) is 8.92. The van der Waals surface area contributed by atoms with E-state index in [-0.39, 0.29) is 5.92 Å². The third-order valence-corrected chi connectivity index (χ3v) is 7.31. The maximum absolute atomic E-state index is 13.0. The number of aliphatic carboxylic acids is 1. The summed E-state index contributed by atoms with van der Waals surface area (Å²) < 4.78 is 29.8. The van der Waals surface area contributed by atoms with Gasteiger partial charge in [-0.2, -0.15) is 13.1 Å². The van der Waals surface area contributed by atoms with Crippen molar-refractivity contribution >= 4 is 16.2 Å². The summed E-state index contributed by atoms with van der Waals surface area (Å²) in [6.45, 7) is 2.08. The maximum Gasteiger partial charge on any atom is 0.325 e. The van der Waals surface area contributed by atoms with Gasteiger partial charge in [-0.1, -0.05) is 55.5 Å². The number of fused-ring (bicyclic) bond motifs is 1. The van der Waals surface area contributed by atoms with Crippen LogP contribution in [0.1, 0.15) is 31.2 Å². The molecule has 6 nitrogen and oxygen atoms in total. The lowest BCUT2D eigenvalue weighted by Crippen LogP contribution is -2.51. The summed E-state index contributed by atoms with van der Waals surface area (Å²) in [5.41, 5.74) is 1.41. The van der Waals surface area contributed by atoms with Crippen LogP contribution < -0.4 is 4.72 Å². The van der Waals surface area contributed by atoms with Crippen LogP contribution in [0.5, 0.6) is 0 Å². The Hall–Kier alpha value is -2.38. The number of hydrogen-bond acceptors (Lipinski definition) is 3. The summed E-state index contributed by atoms with van der Waals surface area (Å²) in [5, 5.41) is 9.88. The highest BCUT2D eigenvalue weighted by atomic mass is 32.2. The minimum atomic E-state index is -3.97. The minimum Gasteiger partial charge on any atom is -0.480 e. The van der Waals surface area contributed by atoms with Gasteiger partial charge in [-0.05, 0) is 35.5 Å². The number of rotatable bonds is 5. The summed E-state index contributed by atoms with van der Waals surface area (Å²) in [5.74, 6) is -1.87. The molecule has 4 rings (SSSR count). The summed E-state index contributed by atoms with van der Waals surface area (Å²) >= 11 is 0. The Morgan fingerprint density at radius 2 is 2.00 bits per heavy atom. The molecule has 0 aromatic heterocycles. The molecule has 0 saturated heterocycles. The fourth-order valence-electron chi connectivity index (χ4n) is 4.23. The van der Waals surface area contributed by atoms with Gasteiger partial charge in [-0.15, -0.1) is 0 Å². The van der Waals surface area contributed by atoms with Crippen molar-refractivity contribution < 1.29 is 18.3 Å². The normalized spacial score (nSPS) is 29.6. The lowest BCUT2D eigenvalue weighted by Gasteiger charge is -2.30. The molecule has 142 valence electrons. The van der Waals surface area contributed by atoms with Crippen LogP contribution >= 0.6 is 0 Å². The fraction of sp³-hybridized carbons (Fsp3) is 0.350. The molecule has 1 saturated carbocycles. The van der Waals surface area contributed by atoms with E-state index in [1.165, 1.54) is 4.31 Å². The number of nitrogens with zero attached hydrogens (tertiary/aromatic N) is 1. The second kappa shape index (κ2) is 6.35. The highest BCUT2D eigenvalue weighted by Gasteiger charge is 2.70. The molecule has 27 heavy (non-hydrogen) atoms. The topological polar surface area (TPSA) is 86.7 Å². The highest BCUT2D eigenvalue weighted by Crippen LogP contribution is 2.58. The van der Waals surface area contributed by atoms with E-state index in [9.17, 15) is 18.3 Å². The van der Waals surface area contributed by atoms with Crippen LogP contribution in [0.15, 0.2) is 65.9 Å². The van der Waals surface area contributed by atoms with Gasteiger partial charge in [0, 0.05) is 18.7 Å². The van der Waals surface area contributed by atoms with E-state index in [4.69, 9.17) is 0 Å². The second-order valence-electron chi connectivity index (χ2n) is 7.30. The van der Waals surface area contributed by atoms with Crippen molar-refractivity contribution in [2.45, 2.75) is 31.2 Å². The lowest BCUT2D eigenvalue weighted by molar-refractivity contribution is -0.140. The molecule has 2 N–H and O–H groups in total. The molecule has 0 bridgehead atoms. The molecule has 1 heterocycles. The van der Waals surface area contributed by atoms with Gasteiger partial charge >= 0.3 is 16.2 Å². The molecule has 7 heteroatoms. The first-order chi connectivity index (χ1) is 12.9. The van der Waals surface area contributed by atoms with Crippen LogP contribution in [0.3, 0.4) is 0 Å². The SMILES string of the molecule is C[C@@H]1[C@H](c2ccccc2)[C@]1(NS(=O)(=O)N1C=C2CC=CC=C2CC1)C(=O)O. The largest absolute Gasteiger partial charge is 0.480 e. The van der Waals surface area contributed by atoms with Crippen molar-refractivity contribution in [2.75, 3.05) is 6.54 Å². The van der Waals surface area contributed by atoms with E-state index < -0.39 is 27.6 Å². The zero-order valence-electron chi connectivity index (χ0n) is 15.0. The standard InChI is InChI=1S/C20H22N2O4S/c1-14-18(16-8-3-2-4-9-16)20(14,19(23)24)21-27(25,26)22-12-11-15-7-5-6-10-17(15)13-22/h2-9,13-14,18,21H,10-12H2,1H3,(H,23,24)/t14-,18-,20+/m1/s1. The van der Waals surface area contributed by atoms with Crippen LogP contribution in [0, 0.1) is 5.92 Å². The molecule has 0 radical (unpaired) electrons. The number of nitrogens with one attached hydrogen (secondary N) is 1. The number of hydrogen-bond donors (Lipinski definition) is 2. The molecule has 0 spiro atoms. The van der Waals surface area contributed by atoms with E-state index in [0.717, 1.165) is 16.7 Å². The summed E-state index contributed by atoms with van der Waals surface area (Å²) in [4.78, 5) is 12.1. The van der Waals surface area contributed by atoms with Crippen LogP contribution in [0.2, 0.25) is 0 Å². The summed E-state index contributed by atoms with van der Waals surface area (Å²) in [6.07, 6.45) is 8.89. The zero-order valence-corrected chi connectivity index (χ0v) is 15.8. The van der Waals surface area contributed by atoms with E-state index in [0.29, 0.717) is 19.4 Å². The summed E-state index contributed by atoms with van der Waals surface area (Å²) in [6, 6.07) is 9.21. The van der Waals surface area contributed by atoms with Gasteiger partial charge in [-0.3, -0.25) is 9.10 Å². The average molecular weight is 386 g/mol. The van der Waals surface area contributed by atoms with Gasteiger partial charge in [0.1, 0.15) is 5.54 Å². The third-order valence-electron chi connectivity index (χ3n) is 5.80. The monoisotopic (exact) mass is 386 g/mol. The molecule has 0 unspecified atom stereocenters. The first-order valence-corrected chi connectivity index (χ1v) is 10.5. The van der Waals surface area contributed by atoms with Crippen molar-refractivity contribution in [3.8, 4) is 0 Å². The fourth-order valence-corrected chi connectivity index (χ4v) is 5.77. The quantitative estimate of drug-likeness (QED) is 0.814. The number of benzene rings is 1. The van der Waals surface area contributed by atoms with E-state index in [2.05, 4.69) is 4.72 Å². The van der Waals surface area contributed by atoms with Crippen LogP contribution in [0.4, 0.5) is 0 Å². The first-order valence-electron chi connectivity index (χ1n) is 9.02. The molecular weight excluding hydrogens is 364 g/mol. The molecule has 3 atom stereocenters. The Labute approximate surface area is 159 Å². The van der Waals surface area contributed by atoms with E-state index >= 15 is 0 Å².